The molecule has 0 N–H and O–H groups in total. The molecule has 0 aliphatic heterocycles. The van der Waals surface area contributed by atoms with Gasteiger partial charge in [0.05, 0.1) is 5.02 Å². The second-order valence-corrected chi connectivity index (χ2v) is 4.79. The third-order valence-corrected chi connectivity index (χ3v) is 3.35. The van der Waals surface area contributed by atoms with Crippen LogP contribution in [-0.4, -0.2) is 8.42 Å². The molecule has 0 fully saturated rings. The predicted octanol–water partition coefficient (Wildman–Crippen LogP) is 3.15. The van der Waals surface area contributed by atoms with Crippen LogP contribution in [0.15, 0.2) is 41.3 Å². The summed E-state index contributed by atoms with van der Waals surface area (Å²) in [6.07, 6.45) is 0. The fourth-order valence-corrected chi connectivity index (χ4v) is 2.39. The average Bonchev–Trinajstić information content (AvgIpc) is 2.15. The summed E-state index contributed by atoms with van der Waals surface area (Å²) in [6.45, 7) is 0. The minimum atomic E-state index is -4.76. The largest absolute Gasteiger partial charge is 0.333 e. The lowest BCUT2D eigenvalue weighted by Crippen LogP contribution is -1.93. The fourth-order valence-electron chi connectivity index (χ4n) is 1.38. The second kappa shape index (κ2) is 3.47. The van der Waals surface area contributed by atoms with Crippen LogP contribution in [0.5, 0.6) is 0 Å². The topological polar surface area (TPSA) is 34.1 Å². The minimum absolute atomic E-state index is 0.101. The normalized spacial score (nSPS) is 11.9. The van der Waals surface area contributed by atoms with E-state index in [9.17, 15) is 12.3 Å². The quantitative estimate of drug-likeness (QED) is 0.722. The van der Waals surface area contributed by atoms with Crippen molar-refractivity contribution in [3.63, 3.8) is 0 Å². The summed E-state index contributed by atoms with van der Waals surface area (Å²) in [5.41, 5.74) is 0. The van der Waals surface area contributed by atoms with Crippen molar-refractivity contribution in [1.82, 2.24) is 0 Å². The SMILES string of the molecule is O=S(=O)(F)c1cc2ccccc2cc1Cl. The van der Waals surface area contributed by atoms with Crippen LogP contribution in [0.25, 0.3) is 10.8 Å². The van der Waals surface area contributed by atoms with Crippen molar-refractivity contribution in [2.45, 2.75) is 4.90 Å². The highest BCUT2D eigenvalue weighted by Crippen LogP contribution is 2.28. The molecule has 5 heteroatoms. The Bertz CT molecular complexity index is 622. The molecule has 0 radical (unpaired) electrons. The van der Waals surface area contributed by atoms with E-state index in [1.54, 1.807) is 24.3 Å². The number of benzene rings is 2. The Kier molecular flexibility index (Phi) is 2.40. The summed E-state index contributed by atoms with van der Waals surface area (Å²) >= 11 is 5.67. The highest BCUT2D eigenvalue weighted by Gasteiger charge is 2.16. The van der Waals surface area contributed by atoms with Crippen LogP contribution in [-0.2, 0) is 10.2 Å². The van der Waals surface area contributed by atoms with Gasteiger partial charge in [-0.3, -0.25) is 0 Å². The van der Waals surface area contributed by atoms with E-state index in [1.165, 1.54) is 12.1 Å². The minimum Gasteiger partial charge on any atom is -0.189 e. The molecule has 0 amide bonds. The van der Waals surface area contributed by atoms with Gasteiger partial charge in [0.2, 0.25) is 0 Å². The lowest BCUT2D eigenvalue weighted by molar-refractivity contribution is 0.552. The van der Waals surface area contributed by atoms with Crippen LogP contribution in [0, 0.1) is 0 Å². The monoisotopic (exact) mass is 244 g/mol. The molecule has 15 heavy (non-hydrogen) atoms. The van der Waals surface area contributed by atoms with Crippen LogP contribution in [0.1, 0.15) is 0 Å². The molecule has 2 aromatic rings. The molecule has 2 nitrogen and oxygen atoms in total. The van der Waals surface area contributed by atoms with Crippen molar-refractivity contribution >= 4 is 32.6 Å². The van der Waals surface area contributed by atoms with Gasteiger partial charge in [-0.05, 0) is 22.9 Å². The van der Waals surface area contributed by atoms with Crippen molar-refractivity contribution in [1.29, 1.82) is 0 Å². The molecular weight excluding hydrogens is 239 g/mol. The number of halogens is 2. The van der Waals surface area contributed by atoms with Crippen molar-refractivity contribution in [3.8, 4) is 0 Å². The standard InChI is InChI=1S/C10H6ClFO2S/c11-9-5-7-3-1-2-4-8(7)6-10(9)15(12,13)14/h1-6H. The molecule has 2 aromatic carbocycles. The second-order valence-electron chi connectivity index (χ2n) is 3.07. The predicted molar refractivity (Wildman–Crippen MR) is 57.3 cm³/mol. The summed E-state index contributed by atoms with van der Waals surface area (Å²) in [5.74, 6) is 0. The molecule has 0 saturated heterocycles. The van der Waals surface area contributed by atoms with E-state index in [-0.39, 0.29) is 5.02 Å². The Balaban J connectivity index is 2.84. The fraction of sp³-hybridized carbons (Fsp3) is 0. The van der Waals surface area contributed by atoms with Gasteiger partial charge in [0.1, 0.15) is 4.90 Å². The smallest absolute Gasteiger partial charge is 0.189 e. The Morgan fingerprint density at radius 2 is 1.60 bits per heavy atom. The lowest BCUT2D eigenvalue weighted by atomic mass is 10.1. The Labute approximate surface area is 91.5 Å². The molecule has 0 bridgehead atoms. The van der Waals surface area contributed by atoms with Gasteiger partial charge in [0, 0.05) is 0 Å². The molecule has 0 saturated carbocycles. The summed E-state index contributed by atoms with van der Waals surface area (Å²) in [4.78, 5) is -0.483. The zero-order chi connectivity index (χ0) is 11.1. The van der Waals surface area contributed by atoms with E-state index < -0.39 is 15.1 Å². The zero-order valence-electron chi connectivity index (χ0n) is 7.44. The Morgan fingerprint density at radius 3 is 2.13 bits per heavy atom. The molecule has 78 valence electrons. The van der Waals surface area contributed by atoms with E-state index in [1.807, 2.05) is 0 Å². The number of hydrogen-bond acceptors (Lipinski definition) is 2. The molecule has 2 rings (SSSR count). The molecular formula is C10H6ClFO2S. The molecule has 0 atom stereocenters. The van der Waals surface area contributed by atoms with E-state index in [0.717, 1.165) is 5.39 Å². The highest BCUT2D eigenvalue weighted by atomic mass is 35.5. The molecule has 0 heterocycles. The van der Waals surface area contributed by atoms with Crippen LogP contribution in [0.2, 0.25) is 5.02 Å². The first kappa shape index (κ1) is 10.4. The van der Waals surface area contributed by atoms with Gasteiger partial charge in [0.15, 0.2) is 0 Å². The van der Waals surface area contributed by atoms with Crippen molar-refractivity contribution in [2.24, 2.45) is 0 Å². The van der Waals surface area contributed by atoms with Crippen LogP contribution in [0.3, 0.4) is 0 Å². The van der Waals surface area contributed by atoms with E-state index in [2.05, 4.69) is 0 Å². The van der Waals surface area contributed by atoms with E-state index in [4.69, 9.17) is 11.6 Å². The highest BCUT2D eigenvalue weighted by molar-refractivity contribution is 7.86. The summed E-state index contributed by atoms with van der Waals surface area (Å²) in [7, 11) is -4.76. The number of hydrogen-bond donors (Lipinski definition) is 0. The van der Waals surface area contributed by atoms with Crippen molar-refractivity contribution < 1.29 is 12.3 Å². The number of fused-ring (bicyclic) bond motifs is 1. The maximum Gasteiger partial charge on any atom is 0.333 e. The maximum atomic E-state index is 12.8. The molecule has 0 aliphatic carbocycles. The van der Waals surface area contributed by atoms with E-state index >= 15 is 0 Å². The van der Waals surface area contributed by atoms with Gasteiger partial charge in [-0.2, -0.15) is 8.42 Å². The molecule has 0 spiro atoms. The van der Waals surface area contributed by atoms with Gasteiger partial charge in [-0.25, -0.2) is 0 Å². The van der Waals surface area contributed by atoms with E-state index in [0.29, 0.717) is 5.39 Å². The van der Waals surface area contributed by atoms with Gasteiger partial charge in [0.25, 0.3) is 0 Å². The average molecular weight is 245 g/mol. The number of rotatable bonds is 1. The molecule has 0 aliphatic rings. The maximum absolute atomic E-state index is 12.8. The summed E-state index contributed by atoms with van der Waals surface area (Å²) in [6, 6.07) is 9.67. The van der Waals surface area contributed by atoms with Crippen LogP contribution >= 0.6 is 11.6 Å². The van der Waals surface area contributed by atoms with Crippen LogP contribution in [0.4, 0.5) is 3.89 Å². The van der Waals surface area contributed by atoms with Crippen LogP contribution < -0.4 is 0 Å². The zero-order valence-corrected chi connectivity index (χ0v) is 9.02. The van der Waals surface area contributed by atoms with Gasteiger partial charge in [-0.15, -0.1) is 3.89 Å². The first-order valence-electron chi connectivity index (χ1n) is 4.11. The van der Waals surface area contributed by atoms with Crippen molar-refractivity contribution in [3.05, 3.63) is 41.4 Å². The Hall–Kier alpha value is -1.13. The third kappa shape index (κ3) is 1.96. The Morgan fingerprint density at radius 1 is 1.07 bits per heavy atom. The molecule has 0 unspecified atom stereocenters. The first-order valence-corrected chi connectivity index (χ1v) is 5.87. The lowest BCUT2D eigenvalue weighted by Gasteiger charge is -2.02. The van der Waals surface area contributed by atoms with Gasteiger partial charge >= 0.3 is 10.2 Å². The van der Waals surface area contributed by atoms with Crippen molar-refractivity contribution in [2.75, 3.05) is 0 Å². The summed E-state index contributed by atoms with van der Waals surface area (Å²) < 4.78 is 34.3. The molecule has 0 aromatic heterocycles. The van der Waals surface area contributed by atoms with Gasteiger partial charge in [-0.1, -0.05) is 35.9 Å². The van der Waals surface area contributed by atoms with Gasteiger partial charge < -0.3 is 0 Å². The first-order chi connectivity index (χ1) is 6.98. The summed E-state index contributed by atoms with van der Waals surface area (Å²) in [5, 5.41) is 1.31. The third-order valence-electron chi connectivity index (χ3n) is 2.06.